The number of hydrogen-bond donors (Lipinski definition) is 0. The van der Waals surface area contributed by atoms with E-state index in [2.05, 4.69) is 209 Å². The van der Waals surface area contributed by atoms with Crippen LogP contribution in [0.1, 0.15) is 63.9 Å². The lowest BCUT2D eigenvalue weighted by molar-refractivity contribution is 0.660. The molecule has 268 valence electrons. The number of fused-ring (bicyclic) bond motifs is 13. The number of anilines is 3. The highest BCUT2D eigenvalue weighted by atomic mass is 15.1. The number of nitrogens with zero attached hydrogens (tertiary/aromatic N) is 1. The number of para-hydroxylation sites is 1. The van der Waals surface area contributed by atoms with Crippen LogP contribution in [0.3, 0.4) is 0 Å². The average molecular weight is 718 g/mol. The predicted octanol–water partition coefficient (Wildman–Crippen LogP) is 14.4. The van der Waals surface area contributed by atoms with E-state index in [1.54, 1.807) is 0 Å². The molecule has 0 unspecified atom stereocenters. The summed E-state index contributed by atoms with van der Waals surface area (Å²) in [7, 11) is 0. The van der Waals surface area contributed by atoms with Crippen LogP contribution in [0.4, 0.5) is 17.1 Å². The molecule has 0 fully saturated rings. The third-order valence-corrected chi connectivity index (χ3v) is 13.2. The number of hydrogen-bond acceptors (Lipinski definition) is 1. The van der Waals surface area contributed by atoms with Crippen LogP contribution in [-0.2, 0) is 10.8 Å². The van der Waals surface area contributed by atoms with Crippen molar-refractivity contribution in [3.8, 4) is 44.5 Å². The Kier molecular flexibility index (Phi) is 6.93. The van der Waals surface area contributed by atoms with E-state index in [0.717, 1.165) is 11.4 Å². The van der Waals surface area contributed by atoms with Gasteiger partial charge in [0.15, 0.2) is 0 Å². The number of aryl methyl sites for hydroxylation is 3. The fraction of sp³-hybridized carbons (Fsp3) is 0.127. The van der Waals surface area contributed by atoms with E-state index >= 15 is 0 Å². The highest BCUT2D eigenvalue weighted by Crippen LogP contribution is 2.63. The first kappa shape index (κ1) is 32.9. The molecular weight excluding hydrogens is 675 g/mol. The fourth-order valence-corrected chi connectivity index (χ4v) is 11.0. The Morgan fingerprint density at radius 3 is 1.29 bits per heavy atom. The second-order valence-corrected chi connectivity index (χ2v) is 16.6. The molecule has 3 aliphatic carbocycles. The van der Waals surface area contributed by atoms with Gasteiger partial charge in [-0.3, -0.25) is 0 Å². The second kappa shape index (κ2) is 11.8. The molecule has 0 saturated heterocycles. The van der Waals surface area contributed by atoms with Crippen molar-refractivity contribution < 1.29 is 0 Å². The summed E-state index contributed by atoms with van der Waals surface area (Å²) in [6.45, 7) is 11.5. The molecule has 1 nitrogen and oxygen atoms in total. The lowest BCUT2D eigenvalue weighted by Gasteiger charge is -2.33. The van der Waals surface area contributed by atoms with Crippen molar-refractivity contribution >= 4 is 17.1 Å². The molecule has 0 heterocycles. The quantitative estimate of drug-likeness (QED) is 0.175. The molecule has 0 aromatic heterocycles. The number of benzene rings is 8. The molecule has 0 bridgehead atoms. The summed E-state index contributed by atoms with van der Waals surface area (Å²) in [5, 5.41) is 0. The normalized spacial score (nSPS) is 14.4. The molecule has 0 amide bonds. The maximum atomic E-state index is 2.54. The molecule has 0 aliphatic heterocycles. The van der Waals surface area contributed by atoms with Crippen LogP contribution in [0.15, 0.2) is 170 Å². The van der Waals surface area contributed by atoms with E-state index in [4.69, 9.17) is 0 Å². The van der Waals surface area contributed by atoms with Gasteiger partial charge in [-0.15, -0.1) is 0 Å². The molecule has 1 heteroatoms. The molecule has 8 aromatic rings. The Labute approximate surface area is 330 Å². The molecule has 0 saturated carbocycles. The van der Waals surface area contributed by atoms with E-state index in [9.17, 15) is 0 Å². The van der Waals surface area contributed by atoms with Crippen LogP contribution in [0.2, 0.25) is 0 Å². The van der Waals surface area contributed by atoms with Gasteiger partial charge in [0.1, 0.15) is 0 Å². The third-order valence-electron chi connectivity index (χ3n) is 13.2. The minimum absolute atomic E-state index is 0.127. The van der Waals surface area contributed by atoms with Crippen LogP contribution < -0.4 is 4.90 Å². The van der Waals surface area contributed by atoms with Crippen molar-refractivity contribution in [1.82, 2.24) is 0 Å². The van der Waals surface area contributed by atoms with Crippen molar-refractivity contribution in [2.45, 2.75) is 45.4 Å². The van der Waals surface area contributed by atoms with Crippen LogP contribution in [0.25, 0.3) is 44.5 Å². The van der Waals surface area contributed by atoms with E-state index < -0.39 is 5.41 Å². The second-order valence-electron chi connectivity index (χ2n) is 16.6. The third kappa shape index (κ3) is 4.32. The van der Waals surface area contributed by atoms with Gasteiger partial charge in [0.25, 0.3) is 0 Å². The van der Waals surface area contributed by atoms with Crippen molar-refractivity contribution in [1.29, 1.82) is 0 Å². The summed E-state index contributed by atoms with van der Waals surface area (Å²) in [5.41, 5.74) is 25.5. The van der Waals surface area contributed by atoms with Gasteiger partial charge >= 0.3 is 0 Å². The Morgan fingerprint density at radius 2 is 0.750 bits per heavy atom. The van der Waals surface area contributed by atoms with Gasteiger partial charge < -0.3 is 4.90 Å². The van der Waals surface area contributed by atoms with Crippen LogP contribution >= 0.6 is 0 Å². The van der Waals surface area contributed by atoms with E-state index in [0.29, 0.717) is 0 Å². The molecule has 1 spiro atoms. The molecule has 56 heavy (non-hydrogen) atoms. The summed E-state index contributed by atoms with van der Waals surface area (Å²) in [6, 6.07) is 64.3. The van der Waals surface area contributed by atoms with Gasteiger partial charge in [-0.05, 0) is 135 Å². The Bertz CT molecular complexity index is 2850. The standard InChI is InChI=1S/C55H43N/c1-34-30-35(2)53(36(3)31-34)45-20-10-15-25-52(45)56(37-26-28-43-39-16-6-11-21-46(39)54(4,5)50(43)32-37)38-27-29-44-42-19-9-14-24-49(42)55(51(44)33-38)47-22-12-7-17-40(47)41-18-8-13-23-48(41)55/h6-33H,1-5H3. The minimum atomic E-state index is -0.425. The van der Waals surface area contributed by atoms with Gasteiger partial charge in [0, 0.05) is 22.4 Å². The van der Waals surface area contributed by atoms with E-state index in [1.807, 2.05) is 0 Å². The van der Waals surface area contributed by atoms with Crippen LogP contribution in [0, 0.1) is 20.8 Å². The summed E-state index contributed by atoms with van der Waals surface area (Å²) in [4.78, 5) is 2.54. The summed E-state index contributed by atoms with van der Waals surface area (Å²) < 4.78 is 0. The van der Waals surface area contributed by atoms with Gasteiger partial charge in [0.2, 0.25) is 0 Å². The first-order valence-corrected chi connectivity index (χ1v) is 19.9. The fourth-order valence-electron chi connectivity index (χ4n) is 11.0. The Balaban J connectivity index is 1.21. The molecule has 0 atom stereocenters. The lowest BCUT2D eigenvalue weighted by Crippen LogP contribution is -2.26. The molecular formula is C55H43N. The van der Waals surface area contributed by atoms with Gasteiger partial charge in [-0.25, -0.2) is 0 Å². The number of rotatable bonds is 4. The predicted molar refractivity (Wildman–Crippen MR) is 235 cm³/mol. The van der Waals surface area contributed by atoms with Crippen LogP contribution in [-0.4, -0.2) is 0 Å². The smallest absolute Gasteiger partial charge is 0.0726 e. The van der Waals surface area contributed by atoms with E-state index in [-0.39, 0.29) is 5.41 Å². The zero-order chi connectivity index (χ0) is 37.9. The Morgan fingerprint density at radius 1 is 0.357 bits per heavy atom. The molecule has 8 aromatic carbocycles. The minimum Gasteiger partial charge on any atom is -0.310 e. The van der Waals surface area contributed by atoms with Crippen molar-refractivity contribution in [3.63, 3.8) is 0 Å². The molecule has 0 N–H and O–H groups in total. The first-order valence-electron chi connectivity index (χ1n) is 19.9. The zero-order valence-electron chi connectivity index (χ0n) is 32.6. The monoisotopic (exact) mass is 717 g/mol. The topological polar surface area (TPSA) is 3.24 Å². The average Bonchev–Trinajstić information content (AvgIpc) is 3.77. The van der Waals surface area contributed by atoms with Gasteiger partial charge in [-0.1, -0.05) is 159 Å². The highest BCUT2D eigenvalue weighted by Gasteiger charge is 2.51. The molecule has 0 radical (unpaired) electrons. The van der Waals surface area contributed by atoms with E-state index in [1.165, 1.54) is 100 Å². The van der Waals surface area contributed by atoms with Crippen molar-refractivity contribution in [3.05, 3.63) is 220 Å². The molecule has 3 aliphatic rings. The maximum Gasteiger partial charge on any atom is 0.0726 e. The molecule has 11 rings (SSSR count). The Hall–Kier alpha value is -6.44. The summed E-state index contributed by atoms with van der Waals surface area (Å²) in [6.07, 6.45) is 0. The van der Waals surface area contributed by atoms with Crippen molar-refractivity contribution in [2.75, 3.05) is 4.90 Å². The summed E-state index contributed by atoms with van der Waals surface area (Å²) in [5.74, 6) is 0. The zero-order valence-corrected chi connectivity index (χ0v) is 32.6. The first-order chi connectivity index (χ1) is 27.3. The van der Waals surface area contributed by atoms with Crippen LogP contribution in [0.5, 0.6) is 0 Å². The van der Waals surface area contributed by atoms with Gasteiger partial charge in [-0.2, -0.15) is 0 Å². The summed E-state index contributed by atoms with van der Waals surface area (Å²) >= 11 is 0. The maximum absolute atomic E-state index is 2.54. The largest absolute Gasteiger partial charge is 0.310 e. The van der Waals surface area contributed by atoms with Crippen molar-refractivity contribution in [2.24, 2.45) is 0 Å². The van der Waals surface area contributed by atoms with Gasteiger partial charge in [0.05, 0.1) is 11.1 Å². The SMILES string of the molecule is Cc1cc(C)c(-c2ccccc2N(c2ccc3c(c2)C(C)(C)c2ccccc2-3)c2ccc3c(c2)C2(c4ccccc4-c4ccccc42)c2ccccc2-3)c(C)c1. The highest BCUT2D eigenvalue weighted by molar-refractivity contribution is 5.98. The lowest BCUT2D eigenvalue weighted by atomic mass is 9.70.